The van der Waals surface area contributed by atoms with Crippen molar-refractivity contribution in [3.63, 3.8) is 0 Å². The van der Waals surface area contributed by atoms with Gasteiger partial charge in [-0.1, -0.05) is 30.3 Å². The second-order valence-corrected chi connectivity index (χ2v) is 6.65. The minimum absolute atomic E-state index is 0.0825. The Labute approximate surface area is 125 Å². The summed E-state index contributed by atoms with van der Waals surface area (Å²) in [4.78, 5) is 14.7. The zero-order chi connectivity index (χ0) is 14.3. The van der Waals surface area contributed by atoms with E-state index in [1.807, 2.05) is 18.2 Å². The Hall–Kier alpha value is -1.55. The molecule has 0 aromatic heterocycles. The maximum Gasteiger partial charge on any atom is 0.408 e. The number of nitrogens with one attached hydrogen (secondary N) is 1. The fourth-order valence-electron chi connectivity index (χ4n) is 3.77. The van der Waals surface area contributed by atoms with Crippen molar-refractivity contribution >= 4 is 6.09 Å². The number of hydrogen-bond donors (Lipinski definition) is 1. The Bertz CT molecular complexity index is 519. The van der Waals surface area contributed by atoms with Crippen LogP contribution in [0.25, 0.3) is 0 Å². The molecule has 1 atom stereocenters. The highest BCUT2D eigenvalue weighted by atomic mass is 16.6. The molecule has 0 radical (unpaired) electrons. The van der Waals surface area contributed by atoms with Gasteiger partial charge in [0.25, 0.3) is 0 Å². The number of piperidine rings is 3. The Morgan fingerprint density at radius 1 is 1.19 bits per heavy atom. The van der Waals surface area contributed by atoms with Gasteiger partial charge in [0.05, 0.1) is 5.54 Å². The quantitative estimate of drug-likeness (QED) is 0.928. The van der Waals surface area contributed by atoms with Crippen LogP contribution < -0.4 is 5.32 Å². The number of rotatable bonds is 3. The molecule has 1 amide bonds. The van der Waals surface area contributed by atoms with Gasteiger partial charge < -0.3 is 10.1 Å². The molecule has 1 aromatic carbocycles. The molecule has 1 N–H and O–H groups in total. The van der Waals surface area contributed by atoms with Crippen molar-refractivity contribution in [3.05, 3.63) is 35.9 Å². The van der Waals surface area contributed by atoms with E-state index in [4.69, 9.17) is 4.74 Å². The standard InChI is InChI=1S/C17H22N2O2/c20-16(21-15-12-19-10-6-13(15)7-11-19)18-17(8-9-17)14-4-2-1-3-5-14/h1-5,13,15H,6-12H2,(H,18,20). The van der Waals surface area contributed by atoms with Crippen LogP contribution in [-0.4, -0.2) is 36.7 Å². The van der Waals surface area contributed by atoms with Gasteiger partial charge in [-0.25, -0.2) is 4.79 Å². The van der Waals surface area contributed by atoms with E-state index in [1.54, 1.807) is 0 Å². The first-order valence-corrected chi connectivity index (χ1v) is 8.02. The van der Waals surface area contributed by atoms with E-state index in [0.29, 0.717) is 5.92 Å². The minimum atomic E-state index is -0.241. The van der Waals surface area contributed by atoms with Crippen molar-refractivity contribution in [2.45, 2.75) is 37.3 Å². The molecule has 3 aliphatic heterocycles. The first kappa shape index (κ1) is 13.1. The first-order valence-electron chi connectivity index (χ1n) is 8.02. The zero-order valence-corrected chi connectivity index (χ0v) is 12.3. The molecule has 1 aromatic rings. The van der Waals surface area contributed by atoms with Crippen LogP contribution in [0.3, 0.4) is 0 Å². The van der Waals surface area contributed by atoms with E-state index in [2.05, 4.69) is 22.3 Å². The highest BCUT2D eigenvalue weighted by Gasteiger charge is 2.47. The van der Waals surface area contributed by atoms with Gasteiger partial charge in [0.2, 0.25) is 0 Å². The van der Waals surface area contributed by atoms with Crippen LogP contribution >= 0.6 is 0 Å². The second kappa shape index (κ2) is 5.02. The van der Waals surface area contributed by atoms with E-state index in [0.717, 1.165) is 19.4 Å². The minimum Gasteiger partial charge on any atom is -0.445 e. The topological polar surface area (TPSA) is 41.6 Å². The highest BCUT2D eigenvalue weighted by Crippen LogP contribution is 2.45. The number of alkyl carbamates (subject to hydrolysis) is 1. The summed E-state index contributed by atoms with van der Waals surface area (Å²) in [6.45, 7) is 3.25. The van der Waals surface area contributed by atoms with Gasteiger partial charge in [0.15, 0.2) is 0 Å². The molecule has 112 valence electrons. The predicted molar refractivity (Wildman–Crippen MR) is 79.9 cm³/mol. The summed E-state index contributed by atoms with van der Waals surface area (Å²) in [5.74, 6) is 0.563. The molecule has 0 spiro atoms. The van der Waals surface area contributed by atoms with Crippen LogP contribution in [0.1, 0.15) is 31.2 Å². The summed E-state index contributed by atoms with van der Waals surface area (Å²) in [6.07, 6.45) is 4.19. The average Bonchev–Trinajstić information content (AvgIpc) is 3.30. The smallest absolute Gasteiger partial charge is 0.408 e. The molecule has 2 bridgehead atoms. The molecule has 3 heterocycles. The fourth-order valence-corrected chi connectivity index (χ4v) is 3.77. The molecule has 21 heavy (non-hydrogen) atoms. The van der Waals surface area contributed by atoms with Crippen LogP contribution in [0.15, 0.2) is 30.3 Å². The lowest BCUT2D eigenvalue weighted by Crippen LogP contribution is -2.53. The summed E-state index contributed by atoms with van der Waals surface area (Å²) in [5.41, 5.74) is 1.02. The molecule has 4 heteroatoms. The zero-order valence-electron chi connectivity index (χ0n) is 12.3. The van der Waals surface area contributed by atoms with Crippen LogP contribution in [0.5, 0.6) is 0 Å². The molecule has 1 aliphatic carbocycles. The third kappa shape index (κ3) is 2.53. The van der Waals surface area contributed by atoms with Crippen LogP contribution in [0.2, 0.25) is 0 Å². The van der Waals surface area contributed by atoms with Gasteiger partial charge in [-0.05, 0) is 50.3 Å². The summed E-state index contributed by atoms with van der Waals surface area (Å²) in [7, 11) is 0. The SMILES string of the molecule is O=C(NC1(c2ccccc2)CC1)OC1CN2CCC1CC2. The Morgan fingerprint density at radius 3 is 2.48 bits per heavy atom. The van der Waals surface area contributed by atoms with Crippen LogP contribution in [-0.2, 0) is 10.3 Å². The lowest BCUT2D eigenvalue weighted by molar-refractivity contribution is -0.0342. The number of fused-ring (bicyclic) bond motifs is 3. The van der Waals surface area contributed by atoms with Crippen molar-refractivity contribution in [1.82, 2.24) is 10.2 Å². The number of nitrogens with zero attached hydrogens (tertiary/aromatic N) is 1. The van der Waals surface area contributed by atoms with Gasteiger partial charge in [0.1, 0.15) is 6.10 Å². The third-order valence-electron chi connectivity index (χ3n) is 5.27. The number of hydrogen-bond acceptors (Lipinski definition) is 3. The van der Waals surface area contributed by atoms with Crippen molar-refractivity contribution in [3.8, 4) is 0 Å². The monoisotopic (exact) mass is 286 g/mol. The summed E-state index contributed by atoms with van der Waals surface area (Å²) in [6, 6.07) is 10.2. The van der Waals surface area contributed by atoms with Gasteiger partial charge in [-0.15, -0.1) is 0 Å². The molecule has 5 rings (SSSR count). The van der Waals surface area contributed by atoms with Crippen molar-refractivity contribution in [2.75, 3.05) is 19.6 Å². The predicted octanol–water partition coefficient (Wildman–Crippen LogP) is 2.50. The third-order valence-corrected chi connectivity index (χ3v) is 5.27. The Morgan fingerprint density at radius 2 is 1.90 bits per heavy atom. The van der Waals surface area contributed by atoms with Crippen molar-refractivity contribution in [1.29, 1.82) is 0 Å². The molecular weight excluding hydrogens is 264 g/mol. The molecule has 3 saturated heterocycles. The van der Waals surface area contributed by atoms with Crippen molar-refractivity contribution < 1.29 is 9.53 Å². The van der Waals surface area contributed by atoms with Crippen LogP contribution in [0, 0.1) is 5.92 Å². The highest BCUT2D eigenvalue weighted by molar-refractivity contribution is 5.69. The number of carbonyl (C=O) groups excluding carboxylic acids is 1. The second-order valence-electron chi connectivity index (χ2n) is 6.65. The summed E-state index contributed by atoms with van der Waals surface area (Å²) >= 11 is 0. The van der Waals surface area contributed by atoms with E-state index >= 15 is 0 Å². The largest absolute Gasteiger partial charge is 0.445 e. The van der Waals surface area contributed by atoms with Gasteiger partial charge in [-0.3, -0.25) is 4.90 Å². The fraction of sp³-hybridized carbons (Fsp3) is 0.588. The normalized spacial score (nSPS) is 32.5. The van der Waals surface area contributed by atoms with E-state index in [-0.39, 0.29) is 17.7 Å². The lowest BCUT2D eigenvalue weighted by atomic mass is 9.86. The molecule has 4 aliphatic rings. The van der Waals surface area contributed by atoms with Crippen LogP contribution in [0.4, 0.5) is 4.79 Å². The van der Waals surface area contributed by atoms with E-state index in [9.17, 15) is 4.79 Å². The lowest BCUT2D eigenvalue weighted by Gasteiger charge is -2.43. The van der Waals surface area contributed by atoms with Gasteiger partial charge in [-0.2, -0.15) is 0 Å². The van der Waals surface area contributed by atoms with E-state index < -0.39 is 0 Å². The maximum atomic E-state index is 12.3. The number of carbonyl (C=O) groups is 1. The molecule has 4 fully saturated rings. The number of ether oxygens (including phenoxy) is 1. The van der Waals surface area contributed by atoms with Gasteiger partial charge in [0, 0.05) is 6.54 Å². The molecule has 4 nitrogen and oxygen atoms in total. The number of benzene rings is 1. The maximum absolute atomic E-state index is 12.3. The summed E-state index contributed by atoms with van der Waals surface area (Å²) < 4.78 is 5.73. The molecular formula is C17H22N2O2. The molecule has 1 unspecified atom stereocenters. The number of amides is 1. The summed E-state index contributed by atoms with van der Waals surface area (Å²) in [5, 5.41) is 3.11. The molecule has 1 saturated carbocycles. The van der Waals surface area contributed by atoms with E-state index in [1.165, 1.54) is 31.5 Å². The average molecular weight is 286 g/mol. The van der Waals surface area contributed by atoms with Crippen molar-refractivity contribution in [2.24, 2.45) is 5.92 Å². The van der Waals surface area contributed by atoms with Gasteiger partial charge >= 0.3 is 6.09 Å². The first-order chi connectivity index (χ1) is 10.3. The Balaban J connectivity index is 1.38. The Kier molecular flexibility index (Phi) is 3.14.